The fraction of sp³-hybridized carbons (Fsp3) is 0.600. The molecule has 0 spiro atoms. The molecule has 94 valence electrons. The lowest BCUT2D eigenvalue weighted by Crippen LogP contribution is -2.39. The van der Waals surface area contributed by atoms with Crippen molar-refractivity contribution in [2.75, 3.05) is 0 Å². The van der Waals surface area contributed by atoms with Crippen LogP contribution in [0.2, 0.25) is 0 Å². The van der Waals surface area contributed by atoms with Crippen molar-refractivity contribution in [2.24, 2.45) is 5.73 Å². The second kappa shape index (κ2) is 6.18. The largest absolute Gasteiger partial charge is 0.328 e. The number of benzene rings is 1. The predicted octanol–water partition coefficient (Wildman–Crippen LogP) is 2.61. The summed E-state index contributed by atoms with van der Waals surface area (Å²) in [6.45, 7) is 3.16. The van der Waals surface area contributed by atoms with Gasteiger partial charge in [-0.1, -0.05) is 37.6 Å². The Balaban J connectivity index is 1.80. The summed E-state index contributed by atoms with van der Waals surface area (Å²) in [7, 11) is 0. The first-order chi connectivity index (χ1) is 8.28. The maximum absolute atomic E-state index is 5.99. The molecular formula is C15H24N2. The van der Waals surface area contributed by atoms with Crippen molar-refractivity contribution in [3.63, 3.8) is 0 Å². The van der Waals surface area contributed by atoms with E-state index < -0.39 is 0 Å². The van der Waals surface area contributed by atoms with Crippen molar-refractivity contribution in [3.8, 4) is 0 Å². The van der Waals surface area contributed by atoms with Crippen LogP contribution in [0.1, 0.15) is 43.7 Å². The third-order valence-electron chi connectivity index (χ3n) is 3.74. The third-order valence-corrected chi connectivity index (χ3v) is 3.74. The smallest absolute Gasteiger partial charge is 0.0208 e. The van der Waals surface area contributed by atoms with Gasteiger partial charge in [-0.2, -0.15) is 0 Å². The molecule has 2 atom stereocenters. The molecule has 3 N–H and O–H groups in total. The Bertz CT molecular complexity index is 331. The van der Waals surface area contributed by atoms with E-state index in [1.165, 1.54) is 30.4 Å². The zero-order valence-electron chi connectivity index (χ0n) is 10.8. The standard InChI is InChI=1S/C15H24N2/c1-2-12-6-8-13(9-7-12)11-17-15-5-3-4-14(16)10-15/h6-9,14-15,17H,2-5,10-11,16H2,1H3. The SMILES string of the molecule is CCc1ccc(CNC2CCCC(N)C2)cc1. The van der Waals surface area contributed by atoms with E-state index in [0.29, 0.717) is 12.1 Å². The molecule has 0 saturated heterocycles. The molecule has 1 aliphatic rings. The first-order valence-electron chi connectivity index (χ1n) is 6.84. The van der Waals surface area contributed by atoms with Gasteiger partial charge in [0, 0.05) is 18.6 Å². The van der Waals surface area contributed by atoms with Crippen LogP contribution in [0.3, 0.4) is 0 Å². The van der Waals surface area contributed by atoms with Crippen LogP contribution >= 0.6 is 0 Å². The average Bonchev–Trinajstić information content (AvgIpc) is 2.37. The summed E-state index contributed by atoms with van der Waals surface area (Å²) in [4.78, 5) is 0. The highest BCUT2D eigenvalue weighted by molar-refractivity contribution is 5.22. The lowest BCUT2D eigenvalue weighted by Gasteiger charge is -2.27. The van der Waals surface area contributed by atoms with E-state index in [2.05, 4.69) is 36.5 Å². The Labute approximate surface area is 105 Å². The van der Waals surface area contributed by atoms with Gasteiger partial charge in [0.1, 0.15) is 0 Å². The Morgan fingerprint density at radius 2 is 1.88 bits per heavy atom. The molecule has 1 fully saturated rings. The molecule has 17 heavy (non-hydrogen) atoms. The molecule has 1 aromatic carbocycles. The molecule has 0 radical (unpaired) electrons. The van der Waals surface area contributed by atoms with Crippen molar-refractivity contribution < 1.29 is 0 Å². The monoisotopic (exact) mass is 232 g/mol. The van der Waals surface area contributed by atoms with E-state index in [-0.39, 0.29) is 0 Å². The van der Waals surface area contributed by atoms with Crippen LogP contribution in [0.15, 0.2) is 24.3 Å². The van der Waals surface area contributed by atoms with Crippen LogP contribution in [0.4, 0.5) is 0 Å². The van der Waals surface area contributed by atoms with E-state index in [4.69, 9.17) is 5.73 Å². The first kappa shape index (κ1) is 12.6. The predicted molar refractivity (Wildman–Crippen MR) is 72.9 cm³/mol. The minimum Gasteiger partial charge on any atom is -0.328 e. The van der Waals surface area contributed by atoms with Crippen LogP contribution in [0.5, 0.6) is 0 Å². The zero-order chi connectivity index (χ0) is 12.1. The highest BCUT2D eigenvalue weighted by atomic mass is 14.9. The molecular weight excluding hydrogens is 208 g/mol. The van der Waals surface area contributed by atoms with Gasteiger partial charge in [-0.05, 0) is 36.8 Å². The lowest BCUT2D eigenvalue weighted by atomic mass is 9.91. The zero-order valence-corrected chi connectivity index (χ0v) is 10.8. The van der Waals surface area contributed by atoms with Gasteiger partial charge in [0.05, 0.1) is 0 Å². The van der Waals surface area contributed by atoms with Crippen molar-refractivity contribution in [1.82, 2.24) is 5.32 Å². The van der Waals surface area contributed by atoms with Gasteiger partial charge in [-0.25, -0.2) is 0 Å². The van der Waals surface area contributed by atoms with Crippen molar-refractivity contribution in [2.45, 2.75) is 57.7 Å². The number of nitrogens with two attached hydrogens (primary N) is 1. The van der Waals surface area contributed by atoms with E-state index in [9.17, 15) is 0 Å². The van der Waals surface area contributed by atoms with Crippen LogP contribution in [-0.2, 0) is 13.0 Å². The van der Waals surface area contributed by atoms with Gasteiger partial charge in [0.25, 0.3) is 0 Å². The highest BCUT2D eigenvalue weighted by Crippen LogP contribution is 2.17. The summed E-state index contributed by atoms with van der Waals surface area (Å²) in [6.07, 6.45) is 6.00. The van der Waals surface area contributed by atoms with Gasteiger partial charge in [-0.3, -0.25) is 0 Å². The lowest BCUT2D eigenvalue weighted by molar-refractivity contribution is 0.338. The molecule has 1 saturated carbocycles. The molecule has 0 aliphatic heterocycles. The maximum atomic E-state index is 5.99. The Kier molecular flexibility index (Phi) is 4.57. The number of rotatable bonds is 4. The summed E-state index contributed by atoms with van der Waals surface area (Å²) in [6, 6.07) is 9.93. The van der Waals surface area contributed by atoms with Gasteiger partial charge >= 0.3 is 0 Å². The third kappa shape index (κ3) is 3.83. The van der Waals surface area contributed by atoms with Crippen molar-refractivity contribution in [1.29, 1.82) is 0 Å². The maximum Gasteiger partial charge on any atom is 0.0208 e. The van der Waals surface area contributed by atoms with Crippen molar-refractivity contribution >= 4 is 0 Å². The molecule has 1 aromatic rings. The Morgan fingerprint density at radius 3 is 2.53 bits per heavy atom. The highest BCUT2D eigenvalue weighted by Gasteiger charge is 2.18. The number of aryl methyl sites for hydroxylation is 1. The van der Waals surface area contributed by atoms with E-state index in [0.717, 1.165) is 19.4 Å². The normalized spacial score (nSPS) is 24.8. The summed E-state index contributed by atoms with van der Waals surface area (Å²) in [5.74, 6) is 0. The minimum atomic E-state index is 0.406. The summed E-state index contributed by atoms with van der Waals surface area (Å²) >= 11 is 0. The van der Waals surface area contributed by atoms with Gasteiger partial charge in [-0.15, -0.1) is 0 Å². The summed E-state index contributed by atoms with van der Waals surface area (Å²) in [5, 5.41) is 3.63. The van der Waals surface area contributed by atoms with Crippen LogP contribution in [-0.4, -0.2) is 12.1 Å². The average molecular weight is 232 g/mol. The first-order valence-corrected chi connectivity index (χ1v) is 6.84. The summed E-state index contributed by atoms with van der Waals surface area (Å²) in [5.41, 5.74) is 8.78. The molecule has 2 nitrogen and oxygen atoms in total. The Hall–Kier alpha value is -0.860. The quantitative estimate of drug-likeness (QED) is 0.837. The van der Waals surface area contributed by atoms with Crippen molar-refractivity contribution in [3.05, 3.63) is 35.4 Å². The number of hydrogen-bond acceptors (Lipinski definition) is 2. The minimum absolute atomic E-state index is 0.406. The molecule has 1 aliphatic carbocycles. The van der Waals surface area contributed by atoms with Gasteiger partial charge < -0.3 is 11.1 Å². The van der Waals surface area contributed by atoms with Crippen LogP contribution in [0.25, 0.3) is 0 Å². The molecule has 2 unspecified atom stereocenters. The molecule has 2 heteroatoms. The summed E-state index contributed by atoms with van der Waals surface area (Å²) < 4.78 is 0. The second-order valence-corrected chi connectivity index (χ2v) is 5.17. The fourth-order valence-corrected chi connectivity index (χ4v) is 2.57. The number of hydrogen-bond donors (Lipinski definition) is 2. The fourth-order valence-electron chi connectivity index (χ4n) is 2.57. The molecule has 0 heterocycles. The van der Waals surface area contributed by atoms with Gasteiger partial charge in [0.2, 0.25) is 0 Å². The molecule has 0 amide bonds. The van der Waals surface area contributed by atoms with Gasteiger partial charge in [0.15, 0.2) is 0 Å². The molecule has 2 rings (SSSR count). The molecule has 0 bridgehead atoms. The number of nitrogens with one attached hydrogen (secondary N) is 1. The Morgan fingerprint density at radius 1 is 1.18 bits per heavy atom. The van der Waals surface area contributed by atoms with E-state index >= 15 is 0 Å². The second-order valence-electron chi connectivity index (χ2n) is 5.17. The molecule has 0 aromatic heterocycles. The van der Waals surface area contributed by atoms with Crippen LogP contribution in [0, 0.1) is 0 Å². The van der Waals surface area contributed by atoms with Crippen LogP contribution < -0.4 is 11.1 Å². The van der Waals surface area contributed by atoms with E-state index in [1.807, 2.05) is 0 Å². The van der Waals surface area contributed by atoms with E-state index in [1.54, 1.807) is 0 Å². The topological polar surface area (TPSA) is 38.0 Å².